The summed E-state index contributed by atoms with van der Waals surface area (Å²) in [4.78, 5) is 22.9. The molecule has 5 nitrogen and oxygen atoms in total. The molecule has 4 unspecified atom stereocenters. The minimum atomic E-state index is -1.10. The minimum absolute atomic E-state index is 0.0320. The summed E-state index contributed by atoms with van der Waals surface area (Å²) in [6.07, 6.45) is 4.14. The van der Waals surface area contributed by atoms with E-state index in [9.17, 15) is 19.8 Å². The molecule has 0 aromatic heterocycles. The molecule has 1 saturated carbocycles. The van der Waals surface area contributed by atoms with E-state index in [1.165, 1.54) is 23.5 Å². The van der Waals surface area contributed by atoms with Gasteiger partial charge in [-0.3, -0.25) is 9.59 Å². The Labute approximate surface area is 197 Å². The van der Waals surface area contributed by atoms with Crippen LogP contribution in [0.4, 0.5) is 0 Å². The van der Waals surface area contributed by atoms with E-state index in [-0.39, 0.29) is 29.1 Å². The van der Waals surface area contributed by atoms with E-state index in [4.69, 9.17) is 5.11 Å². The van der Waals surface area contributed by atoms with Crippen LogP contribution in [0.15, 0.2) is 54.6 Å². The van der Waals surface area contributed by atoms with Gasteiger partial charge in [0.25, 0.3) is 0 Å². The number of hydrogen-bond acceptors (Lipinski definition) is 6. The lowest BCUT2D eigenvalue weighted by Crippen LogP contribution is -2.27. The number of carbonyl (C=O) groups is 2. The number of aliphatic carboxylic acids is 1. The van der Waals surface area contributed by atoms with E-state index in [0.29, 0.717) is 6.42 Å². The smallest absolute Gasteiger partial charge is 0.313 e. The summed E-state index contributed by atoms with van der Waals surface area (Å²) in [6.45, 7) is 1.74. The molecule has 4 atom stereocenters. The molecule has 0 amide bonds. The molecule has 172 valence electrons. The second-order valence-corrected chi connectivity index (χ2v) is 10.8. The monoisotopic (exact) mass is 474 g/mol. The van der Waals surface area contributed by atoms with Gasteiger partial charge in [-0.25, -0.2) is 0 Å². The minimum Gasteiger partial charge on any atom is -0.481 e. The summed E-state index contributed by atoms with van der Waals surface area (Å²) >= 11 is 2.88. The molecule has 3 rings (SSSR count). The van der Waals surface area contributed by atoms with Gasteiger partial charge in [0.2, 0.25) is 0 Å². The van der Waals surface area contributed by atoms with Crippen LogP contribution in [0.1, 0.15) is 25.3 Å². The largest absolute Gasteiger partial charge is 0.481 e. The van der Waals surface area contributed by atoms with Crippen LogP contribution in [0.2, 0.25) is 0 Å². The summed E-state index contributed by atoms with van der Waals surface area (Å²) < 4.78 is 0. The van der Waals surface area contributed by atoms with Gasteiger partial charge in [0.15, 0.2) is 0 Å². The number of aliphatic hydroxyl groups excluding tert-OH is 1. The summed E-state index contributed by atoms with van der Waals surface area (Å²) in [5, 5.41) is 32.0. The Hall–Kier alpha value is -1.80. The maximum Gasteiger partial charge on any atom is 0.313 e. The molecule has 0 saturated heterocycles. The van der Waals surface area contributed by atoms with Gasteiger partial charge in [0.05, 0.1) is 22.7 Å². The van der Waals surface area contributed by atoms with Crippen molar-refractivity contribution in [1.82, 2.24) is 0 Å². The lowest BCUT2D eigenvalue weighted by atomic mass is 9.92. The van der Waals surface area contributed by atoms with E-state index < -0.39 is 17.7 Å². The molecular formula is C25H30O5S2. The topological polar surface area (TPSA) is 94.8 Å². The second kappa shape index (κ2) is 11.4. The van der Waals surface area contributed by atoms with Crippen molar-refractivity contribution in [3.05, 3.63) is 60.2 Å². The molecule has 1 fully saturated rings. The molecule has 2 aromatic rings. The van der Waals surface area contributed by atoms with Crippen molar-refractivity contribution in [3.8, 4) is 0 Å². The highest BCUT2D eigenvalue weighted by molar-refractivity contribution is 8.01. The highest BCUT2D eigenvalue weighted by Crippen LogP contribution is 2.35. The first kappa shape index (κ1) is 24.8. The summed E-state index contributed by atoms with van der Waals surface area (Å²) in [6, 6.07) is 14.2. The number of Topliss-reactive ketones (excluding diaryl/α,β-unsaturated/α-hetero) is 1. The molecule has 0 aliphatic heterocycles. The zero-order valence-corrected chi connectivity index (χ0v) is 19.8. The van der Waals surface area contributed by atoms with Crippen LogP contribution in [0.25, 0.3) is 10.8 Å². The fourth-order valence-electron chi connectivity index (χ4n) is 3.98. The van der Waals surface area contributed by atoms with Crippen molar-refractivity contribution in [2.24, 2.45) is 5.92 Å². The molecule has 1 aliphatic rings. The molecule has 0 spiro atoms. The second-order valence-electron chi connectivity index (χ2n) is 8.48. The number of fused-ring (bicyclic) bond motifs is 1. The van der Waals surface area contributed by atoms with Crippen LogP contribution in [-0.4, -0.2) is 61.3 Å². The first-order valence-corrected chi connectivity index (χ1v) is 13.0. The van der Waals surface area contributed by atoms with E-state index >= 15 is 0 Å². The number of hydrogen-bond donors (Lipinski definition) is 3. The zero-order valence-electron chi connectivity index (χ0n) is 18.1. The first-order valence-electron chi connectivity index (χ1n) is 10.8. The van der Waals surface area contributed by atoms with Crippen LogP contribution in [0, 0.1) is 5.92 Å². The van der Waals surface area contributed by atoms with Gasteiger partial charge in [-0.2, -0.15) is 11.8 Å². The van der Waals surface area contributed by atoms with Crippen molar-refractivity contribution in [1.29, 1.82) is 0 Å². The predicted octanol–water partition coefficient (Wildman–Crippen LogP) is 3.95. The maximum absolute atomic E-state index is 12.4. The van der Waals surface area contributed by atoms with Gasteiger partial charge in [0.1, 0.15) is 5.78 Å². The van der Waals surface area contributed by atoms with E-state index in [1.807, 2.05) is 30.3 Å². The standard InChI is InChI=1S/C25H30O5S2/c1-25(30,15-17-7-8-18-5-2-3-6-19(18)13-17)10-9-20-21(26)14-22(27)24(20)32-12-4-11-31-16-23(28)29/h2-3,5-10,13,20-21,24,26,30H,4,11-12,14-16H2,1H3,(H,28,29)/b10-9+. The Morgan fingerprint density at radius 2 is 1.94 bits per heavy atom. The Morgan fingerprint density at radius 1 is 1.19 bits per heavy atom. The number of carboxylic acid groups (broad SMARTS) is 1. The molecule has 3 N–H and O–H groups in total. The van der Waals surface area contributed by atoms with E-state index in [1.54, 1.807) is 19.1 Å². The van der Waals surface area contributed by atoms with E-state index in [2.05, 4.69) is 12.1 Å². The number of rotatable bonds is 11. The molecule has 2 aromatic carbocycles. The van der Waals surface area contributed by atoms with Gasteiger partial charge in [-0.1, -0.05) is 54.6 Å². The molecule has 0 bridgehead atoms. The SMILES string of the molecule is CC(O)(/C=C/C1C(O)CC(=O)C1SCCCSCC(=O)O)Cc1ccc2ccccc2c1. The average molecular weight is 475 g/mol. The number of thioether (sulfide) groups is 2. The quantitative estimate of drug-likeness (QED) is 0.335. The lowest BCUT2D eigenvalue weighted by molar-refractivity contribution is -0.133. The molecule has 0 heterocycles. The zero-order chi connectivity index (χ0) is 23.1. The number of ketones is 1. The van der Waals surface area contributed by atoms with Crippen molar-refractivity contribution in [2.45, 2.75) is 43.1 Å². The fraction of sp³-hybridized carbons (Fsp3) is 0.440. The fourth-order valence-corrected chi connectivity index (χ4v) is 6.17. The van der Waals surface area contributed by atoms with Crippen molar-refractivity contribution in [3.63, 3.8) is 0 Å². The van der Waals surface area contributed by atoms with Crippen LogP contribution in [0.3, 0.4) is 0 Å². The predicted molar refractivity (Wildman–Crippen MR) is 132 cm³/mol. The van der Waals surface area contributed by atoms with Gasteiger partial charge in [0, 0.05) is 18.8 Å². The van der Waals surface area contributed by atoms with Gasteiger partial charge < -0.3 is 15.3 Å². The number of aliphatic hydroxyl groups is 2. The van der Waals surface area contributed by atoms with Crippen molar-refractivity contribution >= 4 is 46.0 Å². The third-order valence-corrected chi connectivity index (χ3v) is 8.02. The Bertz CT molecular complexity index is 972. The summed E-state index contributed by atoms with van der Waals surface area (Å²) in [5.41, 5.74) is -0.0811. The molecule has 32 heavy (non-hydrogen) atoms. The molecule has 0 radical (unpaired) electrons. The van der Waals surface area contributed by atoms with E-state index in [0.717, 1.165) is 34.3 Å². The number of carbonyl (C=O) groups excluding carboxylic acids is 1. The highest BCUT2D eigenvalue weighted by Gasteiger charge is 2.40. The Morgan fingerprint density at radius 3 is 2.69 bits per heavy atom. The van der Waals surface area contributed by atoms with Crippen LogP contribution >= 0.6 is 23.5 Å². The van der Waals surface area contributed by atoms with Crippen molar-refractivity contribution in [2.75, 3.05) is 17.3 Å². The molecule has 1 aliphatic carbocycles. The maximum atomic E-state index is 12.4. The average Bonchev–Trinajstić information content (AvgIpc) is 3.00. The van der Waals surface area contributed by atoms with Crippen LogP contribution in [-0.2, 0) is 16.0 Å². The first-order chi connectivity index (χ1) is 15.2. The Balaban J connectivity index is 1.58. The van der Waals surface area contributed by atoms with Gasteiger partial charge in [-0.05, 0) is 41.2 Å². The summed E-state index contributed by atoms with van der Waals surface area (Å²) in [7, 11) is 0. The Kier molecular flexibility index (Phi) is 8.82. The van der Waals surface area contributed by atoms with Gasteiger partial charge >= 0.3 is 5.97 Å². The normalized spacial score (nSPS) is 23.1. The van der Waals surface area contributed by atoms with Crippen LogP contribution < -0.4 is 0 Å². The lowest BCUT2D eigenvalue weighted by Gasteiger charge is -2.22. The molecule has 7 heteroatoms. The van der Waals surface area contributed by atoms with Crippen molar-refractivity contribution < 1.29 is 24.9 Å². The van der Waals surface area contributed by atoms with Crippen LogP contribution in [0.5, 0.6) is 0 Å². The highest BCUT2D eigenvalue weighted by atomic mass is 32.2. The number of benzene rings is 2. The third kappa shape index (κ3) is 7.10. The van der Waals surface area contributed by atoms with Gasteiger partial charge in [-0.15, -0.1) is 11.8 Å². The number of carboxylic acids is 1. The molecular weight excluding hydrogens is 444 g/mol. The third-order valence-electron chi connectivity index (χ3n) is 5.53. The summed E-state index contributed by atoms with van der Waals surface area (Å²) in [5.74, 6) is 0.421.